The van der Waals surface area contributed by atoms with Crippen LogP contribution in [0.2, 0.25) is 0 Å². The second-order valence-electron chi connectivity index (χ2n) is 8.28. The maximum absolute atomic E-state index is 14.3. The minimum Gasteiger partial charge on any atom is -0.459 e. The molecule has 0 aromatic heterocycles. The largest absolute Gasteiger partial charge is 0.459 e. The molecular formula is C19H27FN2O4S. The van der Waals surface area contributed by atoms with Crippen molar-refractivity contribution in [2.75, 3.05) is 5.75 Å². The molecule has 1 saturated heterocycles. The van der Waals surface area contributed by atoms with E-state index in [2.05, 4.69) is 5.43 Å². The standard InChI is InChI=1S/C19H27FN2O4S/c1-18(2,3)25-16(23)14-11-27-15(12-9-7-8-10-13(12)20)22(14)21-17(24)26-19(4,5)6/h7-10,14-15H,11H2,1-6H3,(H,21,24). The number of nitrogens with zero attached hydrogens (tertiary/aromatic N) is 1. The minimum atomic E-state index is -0.758. The number of thioether (sulfide) groups is 1. The van der Waals surface area contributed by atoms with E-state index >= 15 is 0 Å². The van der Waals surface area contributed by atoms with Gasteiger partial charge in [-0.15, -0.1) is 11.8 Å². The minimum absolute atomic E-state index is 0.351. The van der Waals surface area contributed by atoms with Crippen LogP contribution in [-0.4, -0.2) is 40.1 Å². The van der Waals surface area contributed by atoms with Gasteiger partial charge in [-0.1, -0.05) is 18.2 Å². The number of rotatable bonds is 3. The lowest BCUT2D eigenvalue weighted by molar-refractivity contribution is -0.161. The number of nitrogens with one attached hydrogen (secondary N) is 1. The summed E-state index contributed by atoms with van der Waals surface area (Å²) in [5.74, 6) is -0.537. The zero-order chi connectivity index (χ0) is 20.4. The molecule has 0 saturated carbocycles. The smallest absolute Gasteiger partial charge is 0.422 e. The Morgan fingerprint density at radius 1 is 1.11 bits per heavy atom. The van der Waals surface area contributed by atoms with Gasteiger partial charge in [0.25, 0.3) is 0 Å². The molecule has 1 amide bonds. The van der Waals surface area contributed by atoms with E-state index in [0.717, 1.165) is 0 Å². The molecule has 2 rings (SSSR count). The molecule has 1 aromatic carbocycles. The van der Waals surface area contributed by atoms with Gasteiger partial charge in [0.05, 0.1) is 0 Å². The molecule has 150 valence electrons. The predicted octanol–water partition coefficient (Wildman–Crippen LogP) is 4.02. The molecule has 8 heteroatoms. The van der Waals surface area contributed by atoms with Gasteiger partial charge in [0, 0.05) is 11.3 Å². The molecule has 0 aliphatic carbocycles. The van der Waals surface area contributed by atoms with Gasteiger partial charge < -0.3 is 9.47 Å². The lowest BCUT2D eigenvalue weighted by atomic mass is 10.1. The van der Waals surface area contributed by atoms with Gasteiger partial charge in [-0.05, 0) is 47.6 Å². The van der Waals surface area contributed by atoms with Crippen LogP contribution in [-0.2, 0) is 14.3 Å². The first kappa shape index (κ1) is 21.5. The number of hydrazine groups is 1. The van der Waals surface area contributed by atoms with Crippen LogP contribution < -0.4 is 5.43 Å². The molecule has 2 unspecified atom stereocenters. The zero-order valence-corrected chi connectivity index (χ0v) is 17.4. The van der Waals surface area contributed by atoms with E-state index < -0.39 is 40.5 Å². The first-order valence-corrected chi connectivity index (χ1v) is 9.79. The fourth-order valence-corrected chi connectivity index (χ4v) is 3.91. The SMILES string of the molecule is CC(C)(C)OC(=O)NN1C(C(=O)OC(C)(C)C)CSC1c1ccccc1F. The van der Waals surface area contributed by atoms with E-state index in [0.29, 0.717) is 11.3 Å². The normalized spacial score (nSPS) is 21.0. The Balaban J connectivity index is 2.28. The Morgan fingerprint density at radius 2 is 1.70 bits per heavy atom. The summed E-state index contributed by atoms with van der Waals surface area (Å²) in [6, 6.07) is 5.53. The highest BCUT2D eigenvalue weighted by atomic mass is 32.2. The summed E-state index contributed by atoms with van der Waals surface area (Å²) < 4.78 is 25.1. The van der Waals surface area contributed by atoms with Crippen LogP contribution in [0.25, 0.3) is 0 Å². The van der Waals surface area contributed by atoms with Crippen molar-refractivity contribution in [1.82, 2.24) is 10.4 Å². The van der Waals surface area contributed by atoms with Gasteiger partial charge in [-0.2, -0.15) is 5.01 Å². The van der Waals surface area contributed by atoms with Gasteiger partial charge in [0.2, 0.25) is 0 Å². The first-order valence-electron chi connectivity index (χ1n) is 8.74. The van der Waals surface area contributed by atoms with Crippen molar-refractivity contribution >= 4 is 23.8 Å². The van der Waals surface area contributed by atoms with Crippen molar-refractivity contribution in [2.24, 2.45) is 0 Å². The Labute approximate surface area is 163 Å². The predicted molar refractivity (Wildman–Crippen MR) is 102 cm³/mol. The van der Waals surface area contributed by atoms with Crippen LogP contribution in [0.3, 0.4) is 0 Å². The lowest BCUT2D eigenvalue weighted by Crippen LogP contribution is -2.52. The highest BCUT2D eigenvalue weighted by Crippen LogP contribution is 2.41. The summed E-state index contributed by atoms with van der Waals surface area (Å²) >= 11 is 1.35. The van der Waals surface area contributed by atoms with Crippen LogP contribution in [0.1, 0.15) is 52.5 Å². The number of carbonyl (C=O) groups is 2. The first-order chi connectivity index (χ1) is 12.4. The van der Waals surface area contributed by atoms with Gasteiger partial charge in [-0.3, -0.25) is 10.2 Å². The molecular weight excluding hydrogens is 371 g/mol. The van der Waals surface area contributed by atoms with E-state index in [1.807, 2.05) is 0 Å². The fraction of sp³-hybridized carbons (Fsp3) is 0.579. The summed E-state index contributed by atoms with van der Waals surface area (Å²) in [5.41, 5.74) is 1.62. The molecule has 1 aromatic rings. The number of hydrogen-bond acceptors (Lipinski definition) is 6. The second kappa shape index (κ2) is 8.06. The average molecular weight is 399 g/mol. The summed E-state index contributed by atoms with van der Waals surface area (Å²) in [6.45, 7) is 10.5. The fourth-order valence-electron chi connectivity index (χ4n) is 2.52. The number of esters is 1. The molecule has 27 heavy (non-hydrogen) atoms. The van der Waals surface area contributed by atoms with Gasteiger partial charge in [0.15, 0.2) is 0 Å². The van der Waals surface area contributed by atoms with Crippen LogP contribution >= 0.6 is 11.8 Å². The van der Waals surface area contributed by atoms with Crippen molar-refractivity contribution in [2.45, 2.75) is 64.2 Å². The third kappa shape index (κ3) is 6.10. The van der Waals surface area contributed by atoms with Gasteiger partial charge in [-0.25, -0.2) is 9.18 Å². The number of hydrogen-bond donors (Lipinski definition) is 1. The molecule has 0 bridgehead atoms. The third-order valence-electron chi connectivity index (χ3n) is 3.47. The Bertz CT molecular complexity index is 700. The van der Waals surface area contributed by atoms with E-state index in [1.165, 1.54) is 22.8 Å². The van der Waals surface area contributed by atoms with Crippen LogP contribution in [0, 0.1) is 5.82 Å². The van der Waals surface area contributed by atoms with E-state index in [1.54, 1.807) is 59.7 Å². The van der Waals surface area contributed by atoms with Crippen molar-refractivity contribution in [1.29, 1.82) is 0 Å². The van der Waals surface area contributed by atoms with Gasteiger partial charge in [0.1, 0.15) is 28.4 Å². The highest BCUT2D eigenvalue weighted by Gasteiger charge is 2.43. The van der Waals surface area contributed by atoms with E-state index in [9.17, 15) is 14.0 Å². The van der Waals surface area contributed by atoms with Crippen molar-refractivity contribution < 1.29 is 23.5 Å². The van der Waals surface area contributed by atoms with E-state index in [-0.39, 0.29) is 0 Å². The molecule has 1 aliphatic heterocycles. The molecule has 1 heterocycles. The van der Waals surface area contributed by atoms with Crippen molar-refractivity contribution in [3.05, 3.63) is 35.6 Å². The number of halogens is 1. The molecule has 2 atom stereocenters. The number of benzene rings is 1. The Kier molecular flexibility index (Phi) is 6.42. The van der Waals surface area contributed by atoms with Crippen LogP contribution in [0.15, 0.2) is 24.3 Å². The molecule has 6 nitrogen and oxygen atoms in total. The summed E-state index contributed by atoms with van der Waals surface area (Å²) in [7, 11) is 0. The summed E-state index contributed by atoms with van der Waals surface area (Å²) in [4.78, 5) is 24.9. The monoisotopic (exact) mass is 398 g/mol. The number of carbonyl (C=O) groups excluding carboxylic acids is 2. The highest BCUT2D eigenvalue weighted by molar-refractivity contribution is 7.99. The lowest BCUT2D eigenvalue weighted by Gasteiger charge is -2.31. The van der Waals surface area contributed by atoms with E-state index in [4.69, 9.17) is 9.47 Å². The van der Waals surface area contributed by atoms with Gasteiger partial charge >= 0.3 is 12.1 Å². The molecule has 0 spiro atoms. The third-order valence-corrected chi connectivity index (χ3v) is 4.77. The van der Waals surface area contributed by atoms with Crippen LogP contribution in [0.4, 0.5) is 9.18 Å². The average Bonchev–Trinajstić information content (AvgIpc) is 2.87. The summed E-state index contributed by atoms with van der Waals surface area (Å²) in [5, 5.41) is 0.849. The topological polar surface area (TPSA) is 67.9 Å². The molecule has 0 radical (unpaired) electrons. The molecule has 1 aliphatic rings. The maximum atomic E-state index is 14.3. The Hall–Kier alpha value is -1.80. The van der Waals surface area contributed by atoms with Crippen molar-refractivity contribution in [3.63, 3.8) is 0 Å². The molecule has 1 fully saturated rings. The quantitative estimate of drug-likeness (QED) is 0.776. The number of ether oxygens (including phenoxy) is 2. The van der Waals surface area contributed by atoms with Crippen molar-refractivity contribution in [3.8, 4) is 0 Å². The maximum Gasteiger partial charge on any atom is 0.422 e. The second-order valence-corrected chi connectivity index (χ2v) is 9.39. The zero-order valence-electron chi connectivity index (χ0n) is 16.5. The van der Waals surface area contributed by atoms with Crippen LogP contribution in [0.5, 0.6) is 0 Å². The summed E-state index contributed by atoms with van der Waals surface area (Å²) in [6.07, 6.45) is -0.708. The molecule has 1 N–H and O–H groups in total. The number of amides is 1. The Morgan fingerprint density at radius 3 is 2.26 bits per heavy atom.